The maximum atomic E-state index is 13.8. The van der Waals surface area contributed by atoms with Crippen molar-refractivity contribution < 1.29 is 84.8 Å². The van der Waals surface area contributed by atoms with Gasteiger partial charge in [0, 0.05) is 6.42 Å². The Morgan fingerprint density at radius 2 is 1.12 bits per heavy atom. The van der Waals surface area contributed by atoms with Gasteiger partial charge in [0.05, 0.1) is 25.9 Å². The van der Waals surface area contributed by atoms with E-state index in [1.165, 1.54) is 0 Å². The molecule has 0 aromatic heterocycles. The lowest BCUT2D eigenvalue weighted by Crippen LogP contribution is -2.73. The molecule has 1 aliphatic heterocycles. The summed E-state index contributed by atoms with van der Waals surface area (Å²) >= 11 is 0. The first-order valence-corrected chi connectivity index (χ1v) is 8.22. The van der Waals surface area contributed by atoms with Crippen molar-refractivity contribution in [3.8, 4) is 0 Å². The van der Waals surface area contributed by atoms with E-state index in [1.807, 2.05) is 0 Å². The molecule has 0 saturated carbocycles. The zero-order chi connectivity index (χ0) is 26.5. The molecule has 1 aliphatic rings. The number of halogens is 16. The third-order valence-electron chi connectivity index (χ3n) is 4.34. The number of epoxide rings is 1. The summed E-state index contributed by atoms with van der Waals surface area (Å²) in [7, 11) is 0. The first-order chi connectivity index (χ1) is 14.5. The molecule has 33 heavy (non-hydrogen) atoms. The summed E-state index contributed by atoms with van der Waals surface area (Å²) in [5, 5.41) is 8.78. The summed E-state index contributed by atoms with van der Waals surface area (Å²) < 4.78 is 220. The molecule has 0 aromatic rings. The molecule has 3 nitrogen and oxygen atoms in total. The smallest absolute Gasteiger partial charge is 0.384 e. The summed E-state index contributed by atoms with van der Waals surface area (Å²) in [6.45, 7) is -2.39. The molecule has 0 aromatic carbocycles. The Balaban J connectivity index is 3.36. The highest BCUT2D eigenvalue weighted by molar-refractivity contribution is 5.14. The van der Waals surface area contributed by atoms with E-state index in [0.717, 1.165) is 0 Å². The van der Waals surface area contributed by atoms with Gasteiger partial charge in [-0.1, -0.05) is 0 Å². The van der Waals surface area contributed by atoms with Gasteiger partial charge in [0.1, 0.15) is 6.10 Å². The standard InChI is InChI=1S/C14H12F16O3/c15-7(16)9(19,20)11(23,24)13(27,28)14(29,30)12(25,26)10(21,22)8(17,18)1-5(2-31)32-3-6-4-33-6/h5-7,31H,1-4H2. The van der Waals surface area contributed by atoms with Gasteiger partial charge in [0.25, 0.3) is 0 Å². The van der Waals surface area contributed by atoms with Gasteiger partial charge in [-0.3, -0.25) is 0 Å². The highest BCUT2D eigenvalue weighted by atomic mass is 19.4. The van der Waals surface area contributed by atoms with E-state index in [2.05, 4.69) is 9.47 Å². The molecule has 1 fully saturated rings. The maximum Gasteiger partial charge on any atom is 0.384 e. The van der Waals surface area contributed by atoms with Crippen LogP contribution in [0.3, 0.4) is 0 Å². The lowest BCUT2D eigenvalue weighted by molar-refractivity contribution is -0.447. The molecule has 2 atom stereocenters. The van der Waals surface area contributed by atoms with Crippen LogP contribution in [0.15, 0.2) is 0 Å². The zero-order valence-corrected chi connectivity index (χ0v) is 15.4. The summed E-state index contributed by atoms with van der Waals surface area (Å²) in [4.78, 5) is 0. The van der Waals surface area contributed by atoms with Crippen LogP contribution in [0.1, 0.15) is 6.42 Å². The number of hydrogen-bond acceptors (Lipinski definition) is 3. The van der Waals surface area contributed by atoms with E-state index >= 15 is 0 Å². The van der Waals surface area contributed by atoms with E-state index in [9.17, 15) is 70.2 Å². The van der Waals surface area contributed by atoms with Crippen LogP contribution >= 0.6 is 0 Å². The van der Waals surface area contributed by atoms with Crippen molar-refractivity contribution in [1.29, 1.82) is 0 Å². The average Bonchev–Trinajstić information content (AvgIpc) is 3.48. The number of ether oxygens (including phenoxy) is 2. The van der Waals surface area contributed by atoms with Crippen LogP contribution in [-0.2, 0) is 9.47 Å². The number of rotatable bonds is 13. The van der Waals surface area contributed by atoms with Crippen molar-refractivity contribution >= 4 is 0 Å². The Hall–Kier alpha value is -1.24. The molecule has 1 heterocycles. The molecule has 198 valence electrons. The predicted octanol–water partition coefficient (Wildman–Crippen LogP) is 4.87. The van der Waals surface area contributed by atoms with Crippen molar-refractivity contribution in [2.75, 3.05) is 19.8 Å². The third kappa shape index (κ3) is 4.68. The van der Waals surface area contributed by atoms with E-state index in [-0.39, 0.29) is 6.61 Å². The minimum atomic E-state index is -8.44. The second-order valence-electron chi connectivity index (χ2n) is 6.80. The largest absolute Gasteiger partial charge is 0.394 e. The molecule has 0 aliphatic carbocycles. The minimum absolute atomic E-state index is 0.0401. The topological polar surface area (TPSA) is 42.0 Å². The average molecular weight is 532 g/mol. The van der Waals surface area contributed by atoms with E-state index in [4.69, 9.17) is 5.11 Å². The van der Waals surface area contributed by atoms with Gasteiger partial charge >= 0.3 is 47.9 Å². The fraction of sp³-hybridized carbons (Fsp3) is 1.00. The van der Waals surface area contributed by atoms with Gasteiger partial charge < -0.3 is 14.6 Å². The fourth-order valence-electron chi connectivity index (χ4n) is 2.17. The Morgan fingerprint density at radius 1 is 0.727 bits per heavy atom. The van der Waals surface area contributed by atoms with Crippen molar-refractivity contribution in [3.05, 3.63) is 0 Å². The summed E-state index contributed by atoms with van der Waals surface area (Å²) in [6.07, 6.45) is -12.0. The quantitative estimate of drug-likeness (QED) is 0.272. The van der Waals surface area contributed by atoms with Gasteiger partial charge in [-0.25, -0.2) is 8.78 Å². The maximum absolute atomic E-state index is 13.8. The first-order valence-electron chi connectivity index (χ1n) is 8.22. The second-order valence-corrected chi connectivity index (χ2v) is 6.80. The molecule has 19 heteroatoms. The summed E-state index contributed by atoms with van der Waals surface area (Å²) in [5.74, 6) is -54.9. The van der Waals surface area contributed by atoms with Gasteiger partial charge in [0.15, 0.2) is 0 Å². The number of hydrogen-bond donors (Lipinski definition) is 1. The normalized spacial score (nSPS) is 20.4. The second kappa shape index (κ2) is 8.76. The zero-order valence-electron chi connectivity index (χ0n) is 15.4. The molecule has 0 bridgehead atoms. The third-order valence-corrected chi connectivity index (χ3v) is 4.34. The van der Waals surface area contributed by atoms with Crippen LogP contribution < -0.4 is 0 Å². The Labute approximate surface area is 172 Å². The number of aliphatic hydroxyl groups excluding tert-OH is 1. The predicted molar refractivity (Wildman–Crippen MR) is 71.8 cm³/mol. The summed E-state index contributed by atoms with van der Waals surface area (Å²) in [5.41, 5.74) is 0. The van der Waals surface area contributed by atoms with Crippen LogP contribution in [0.4, 0.5) is 70.2 Å². The van der Waals surface area contributed by atoms with E-state index in [0.29, 0.717) is 0 Å². The number of alkyl halides is 16. The fourth-order valence-corrected chi connectivity index (χ4v) is 2.17. The number of aliphatic hydroxyl groups is 1. The van der Waals surface area contributed by atoms with Gasteiger partial charge in [-0.15, -0.1) is 0 Å². The van der Waals surface area contributed by atoms with Gasteiger partial charge in [-0.05, 0) is 0 Å². The van der Waals surface area contributed by atoms with Gasteiger partial charge in [0.2, 0.25) is 0 Å². The molecule has 1 rings (SSSR count). The summed E-state index contributed by atoms with van der Waals surface area (Å²) in [6, 6.07) is 0. The van der Waals surface area contributed by atoms with Crippen LogP contribution in [0.2, 0.25) is 0 Å². The van der Waals surface area contributed by atoms with Crippen LogP contribution in [0.25, 0.3) is 0 Å². The van der Waals surface area contributed by atoms with Crippen LogP contribution in [0, 0.1) is 0 Å². The molecule has 1 saturated heterocycles. The Morgan fingerprint density at radius 3 is 1.48 bits per heavy atom. The van der Waals surface area contributed by atoms with Crippen molar-refractivity contribution in [2.45, 2.75) is 66.5 Å². The highest BCUT2D eigenvalue weighted by Crippen LogP contribution is 2.63. The van der Waals surface area contributed by atoms with Crippen molar-refractivity contribution in [2.24, 2.45) is 0 Å². The van der Waals surface area contributed by atoms with Crippen LogP contribution in [-0.4, -0.2) is 85.0 Å². The van der Waals surface area contributed by atoms with Gasteiger partial charge in [-0.2, -0.15) is 61.5 Å². The first kappa shape index (κ1) is 29.8. The lowest BCUT2D eigenvalue weighted by Gasteiger charge is -2.42. The van der Waals surface area contributed by atoms with Crippen LogP contribution in [0.5, 0.6) is 0 Å². The van der Waals surface area contributed by atoms with E-state index < -0.39 is 79.7 Å². The molecular formula is C14H12F16O3. The lowest BCUT2D eigenvalue weighted by atomic mass is 9.88. The van der Waals surface area contributed by atoms with Crippen molar-refractivity contribution in [3.63, 3.8) is 0 Å². The molecular weight excluding hydrogens is 520 g/mol. The van der Waals surface area contributed by atoms with Crippen molar-refractivity contribution in [1.82, 2.24) is 0 Å². The molecule has 2 unspecified atom stereocenters. The molecule has 0 spiro atoms. The Kier molecular flexibility index (Phi) is 7.91. The highest BCUT2D eigenvalue weighted by Gasteiger charge is 2.93. The minimum Gasteiger partial charge on any atom is -0.394 e. The van der Waals surface area contributed by atoms with E-state index in [1.54, 1.807) is 0 Å². The molecule has 0 amide bonds. The Bertz CT molecular complexity index is 675. The monoisotopic (exact) mass is 532 g/mol. The SMILES string of the molecule is OCC(CC(F)(F)C(F)(F)C(F)(F)C(F)(F)C(F)(F)C(F)(F)C(F)(F)C(F)F)OCC1CO1. The molecule has 0 radical (unpaired) electrons. The molecule has 1 N–H and O–H groups in total.